The molecule has 0 saturated carbocycles. The van der Waals surface area contributed by atoms with Gasteiger partial charge in [0.25, 0.3) is 0 Å². The summed E-state index contributed by atoms with van der Waals surface area (Å²) in [6.45, 7) is 3.63. The van der Waals surface area contributed by atoms with Gasteiger partial charge in [0.1, 0.15) is 11.8 Å². The van der Waals surface area contributed by atoms with Crippen molar-refractivity contribution in [1.82, 2.24) is 9.78 Å². The van der Waals surface area contributed by atoms with E-state index >= 15 is 0 Å². The van der Waals surface area contributed by atoms with Crippen LogP contribution in [0.2, 0.25) is 0 Å². The summed E-state index contributed by atoms with van der Waals surface area (Å²) in [7, 11) is 1.77. The van der Waals surface area contributed by atoms with E-state index < -0.39 is 18.2 Å². The number of carbonyl (C=O) groups excluding carboxylic acids is 1. The molecule has 7 nitrogen and oxygen atoms in total. The van der Waals surface area contributed by atoms with Gasteiger partial charge < -0.3 is 9.84 Å². The largest absolute Gasteiger partial charge is 0.478 e. The number of carboxylic acids is 1. The highest BCUT2D eigenvalue weighted by Gasteiger charge is 2.19. The third-order valence-corrected chi connectivity index (χ3v) is 4.52. The van der Waals surface area contributed by atoms with Crippen LogP contribution in [0, 0.1) is 6.92 Å². The van der Waals surface area contributed by atoms with Gasteiger partial charge >= 0.3 is 12.1 Å². The van der Waals surface area contributed by atoms with E-state index in [2.05, 4.69) is 10.4 Å². The Labute approximate surface area is 162 Å². The van der Waals surface area contributed by atoms with Crippen LogP contribution in [-0.4, -0.2) is 26.9 Å². The Hall–Kier alpha value is -3.61. The molecule has 28 heavy (non-hydrogen) atoms. The molecule has 144 valence electrons. The monoisotopic (exact) mass is 379 g/mol. The van der Waals surface area contributed by atoms with Gasteiger partial charge in [-0.15, -0.1) is 0 Å². The number of aromatic carboxylic acids is 1. The number of ether oxygens (including phenoxy) is 1. The van der Waals surface area contributed by atoms with E-state index in [1.54, 1.807) is 30.8 Å². The molecule has 0 radical (unpaired) electrons. The maximum absolute atomic E-state index is 12.4. The van der Waals surface area contributed by atoms with E-state index in [-0.39, 0.29) is 5.56 Å². The number of hydrogen-bond donors (Lipinski definition) is 2. The second-order valence-electron chi connectivity index (χ2n) is 6.40. The van der Waals surface area contributed by atoms with Crippen molar-refractivity contribution >= 4 is 17.7 Å². The van der Waals surface area contributed by atoms with Crippen molar-refractivity contribution in [1.29, 1.82) is 0 Å². The normalized spacial score (nSPS) is 11.7. The molecule has 3 rings (SSSR count). The number of aromatic nitrogens is 2. The second-order valence-corrected chi connectivity index (χ2v) is 6.40. The first-order valence-corrected chi connectivity index (χ1v) is 8.76. The molecule has 0 fully saturated rings. The number of aryl methyl sites for hydroxylation is 1. The minimum atomic E-state index is -0.999. The van der Waals surface area contributed by atoms with Gasteiger partial charge in [-0.3, -0.25) is 10.00 Å². The lowest BCUT2D eigenvalue weighted by molar-refractivity contribution is 0.0696. The summed E-state index contributed by atoms with van der Waals surface area (Å²) in [6, 6.07) is 15.8. The van der Waals surface area contributed by atoms with Crippen LogP contribution in [0.1, 0.15) is 34.6 Å². The number of hydrogen-bond acceptors (Lipinski definition) is 4. The first-order chi connectivity index (χ1) is 13.4. The fourth-order valence-corrected chi connectivity index (χ4v) is 2.81. The molecule has 1 heterocycles. The Kier molecular flexibility index (Phi) is 5.44. The molecule has 0 bridgehead atoms. The predicted octanol–water partition coefficient (Wildman–Crippen LogP) is 4.40. The maximum atomic E-state index is 12.4. The highest BCUT2D eigenvalue weighted by atomic mass is 16.6. The third kappa shape index (κ3) is 4.03. The predicted molar refractivity (Wildman–Crippen MR) is 105 cm³/mol. The summed E-state index contributed by atoms with van der Waals surface area (Å²) in [6.07, 6.45) is -0.993. The average Bonchev–Trinajstić information content (AvgIpc) is 2.97. The zero-order chi connectivity index (χ0) is 20.3. The molecule has 1 unspecified atom stereocenters. The molecule has 0 aliphatic carbocycles. The van der Waals surface area contributed by atoms with E-state index in [0.717, 1.165) is 11.3 Å². The molecule has 1 aromatic heterocycles. The van der Waals surface area contributed by atoms with Gasteiger partial charge in [0.2, 0.25) is 0 Å². The lowest BCUT2D eigenvalue weighted by Gasteiger charge is -2.14. The Balaban J connectivity index is 1.82. The lowest BCUT2D eigenvalue weighted by Crippen LogP contribution is -2.17. The Morgan fingerprint density at radius 1 is 1.11 bits per heavy atom. The summed E-state index contributed by atoms with van der Waals surface area (Å²) >= 11 is 0. The zero-order valence-corrected chi connectivity index (χ0v) is 15.8. The Morgan fingerprint density at radius 3 is 2.36 bits per heavy atom. The van der Waals surface area contributed by atoms with Gasteiger partial charge in [0.05, 0.1) is 16.9 Å². The number of nitrogens with zero attached hydrogens (tertiary/aromatic N) is 2. The van der Waals surface area contributed by atoms with Crippen molar-refractivity contribution < 1.29 is 19.4 Å². The molecular formula is C21H21N3O4. The molecule has 7 heteroatoms. The fraction of sp³-hybridized carbons (Fsp3) is 0.190. The summed E-state index contributed by atoms with van der Waals surface area (Å²) in [4.78, 5) is 23.5. The molecule has 0 aliphatic heterocycles. The molecule has 2 aromatic carbocycles. The SMILES string of the molecule is Cc1c(NC(=O)OC(C)c2ccccc2)c(-c2ccc(C(=O)O)cc2)nn1C. The number of rotatable bonds is 5. The smallest absolute Gasteiger partial charge is 0.412 e. The van der Waals surface area contributed by atoms with Crippen LogP contribution in [-0.2, 0) is 11.8 Å². The van der Waals surface area contributed by atoms with Crippen molar-refractivity contribution in [3.63, 3.8) is 0 Å². The molecular weight excluding hydrogens is 358 g/mol. The number of carboxylic acid groups (broad SMARTS) is 1. The van der Waals surface area contributed by atoms with Crippen molar-refractivity contribution in [2.75, 3.05) is 5.32 Å². The van der Waals surface area contributed by atoms with Crippen LogP contribution in [0.15, 0.2) is 54.6 Å². The maximum Gasteiger partial charge on any atom is 0.412 e. The van der Waals surface area contributed by atoms with Gasteiger partial charge in [0.15, 0.2) is 0 Å². The van der Waals surface area contributed by atoms with Crippen LogP contribution in [0.4, 0.5) is 10.5 Å². The second kappa shape index (κ2) is 7.96. The van der Waals surface area contributed by atoms with Crippen molar-refractivity contribution in [2.45, 2.75) is 20.0 Å². The Morgan fingerprint density at radius 2 is 1.75 bits per heavy atom. The number of amides is 1. The van der Waals surface area contributed by atoms with Crippen LogP contribution in [0.5, 0.6) is 0 Å². The van der Waals surface area contributed by atoms with Crippen molar-refractivity contribution in [3.05, 3.63) is 71.4 Å². The standard InChI is InChI=1S/C21H21N3O4/c1-13-18(22-21(27)28-14(2)15-7-5-4-6-8-15)19(23-24(13)3)16-9-11-17(12-10-16)20(25)26/h4-12,14H,1-3H3,(H,22,27)(H,25,26). The van der Waals surface area contributed by atoms with Crippen LogP contribution >= 0.6 is 0 Å². The summed E-state index contributed by atoms with van der Waals surface area (Å²) in [5.74, 6) is -0.999. The molecule has 0 spiro atoms. The number of carbonyl (C=O) groups is 2. The van der Waals surface area contributed by atoms with Crippen LogP contribution in [0.25, 0.3) is 11.3 Å². The van der Waals surface area contributed by atoms with Crippen LogP contribution < -0.4 is 5.32 Å². The molecule has 1 amide bonds. The van der Waals surface area contributed by atoms with E-state index in [4.69, 9.17) is 9.84 Å². The van der Waals surface area contributed by atoms with Gasteiger partial charge in [-0.05, 0) is 31.5 Å². The summed E-state index contributed by atoms with van der Waals surface area (Å²) in [5.41, 5.74) is 3.59. The minimum Gasteiger partial charge on any atom is -0.478 e. The number of anilines is 1. The molecule has 3 aromatic rings. The van der Waals surface area contributed by atoms with Crippen molar-refractivity contribution in [3.8, 4) is 11.3 Å². The van der Waals surface area contributed by atoms with Gasteiger partial charge in [-0.2, -0.15) is 5.10 Å². The van der Waals surface area contributed by atoms with Gasteiger partial charge in [-0.25, -0.2) is 9.59 Å². The van der Waals surface area contributed by atoms with E-state index in [0.29, 0.717) is 16.9 Å². The average molecular weight is 379 g/mol. The van der Waals surface area contributed by atoms with Crippen molar-refractivity contribution in [2.24, 2.45) is 7.05 Å². The molecule has 0 aliphatic rings. The van der Waals surface area contributed by atoms with Gasteiger partial charge in [0, 0.05) is 12.6 Å². The fourth-order valence-electron chi connectivity index (χ4n) is 2.81. The molecule has 1 atom stereocenters. The first kappa shape index (κ1) is 19.2. The van der Waals surface area contributed by atoms with E-state index in [9.17, 15) is 9.59 Å². The zero-order valence-electron chi connectivity index (χ0n) is 15.8. The number of benzene rings is 2. The topological polar surface area (TPSA) is 93.4 Å². The third-order valence-electron chi connectivity index (χ3n) is 4.52. The van der Waals surface area contributed by atoms with E-state index in [1.165, 1.54) is 12.1 Å². The quantitative estimate of drug-likeness (QED) is 0.685. The first-order valence-electron chi connectivity index (χ1n) is 8.76. The van der Waals surface area contributed by atoms with Crippen LogP contribution in [0.3, 0.4) is 0 Å². The molecule has 2 N–H and O–H groups in total. The highest BCUT2D eigenvalue weighted by molar-refractivity contribution is 5.92. The summed E-state index contributed by atoms with van der Waals surface area (Å²) < 4.78 is 7.13. The minimum absolute atomic E-state index is 0.182. The lowest BCUT2D eigenvalue weighted by atomic mass is 10.1. The number of nitrogens with one attached hydrogen (secondary N) is 1. The Bertz CT molecular complexity index is 994. The summed E-state index contributed by atoms with van der Waals surface area (Å²) in [5, 5.41) is 16.3. The van der Waals surface area contributed by atoms with E-state index in [1.807, 2.05) is 37.3 Å². The van der Waals surface area contributed by atoms with Gasteiger partial charge in [-0.1, -0.05) is 42.5 Å². The highest BCUT2D eigenvalue weighted by Crippen LogP contribution is 2.30. The molecule has 0 saturated heterocycles.